The van der Waals surface area contributed by atoms with Gasteiger partial charge in [-0.15, -0.1) is 0 Å². The zero-order valence-electron chi connectivity index (χ0n) is 19.0. The first-order chi connectivity index (χ1) is 15.7. The van der Waals surface area contributed by atoms with E-state index in [2.05, 4.69) is 5.32 Å². The predicted octanol–water partition coefficient (Wildman–Crippen LogP) is 4.39. The van der Waals surface area contributed by atoms with Crippen LogP contribution in [0.2, 0.25) is 5.02 Å². The van der Waals surface area contributed by atoms with Crippen molar-refractivity contribution in [1.82, 2.24) is 5.32 Å². The molecule has 0 saturated carbocycles. The van der Waals surface area contributed by atoms with E-state index >= 15 is 0 Å². The second-order valence-electron chi connectivity index (χ2n) is 8.04. The minimum atomic E-state index is -1.01. The van der Waals surface area contributed by atoms with Crippen molar-refractivity contribution in [2.24, 2.45) is 11.8 Å². The van der Waals surface area contributed by atoms with Crippen molar-refractivity contribution in [1.29, 1.82) is 0 Å². The summed E-state index contributed by atoms with van der Waals surface area (Å²) in [6.45, 7) is 5.74. The number of methoxy groups -OCH3 is 1. The number of halogens is 2. The monoisotopic (exact) mass is 495 g/mol. The third-order valence-corrected chi connectivity index (χ3v) is 7.08. The number of dihydropyridines is 1. The number of esters is 2. The molecule has 1 aromatic carbocycles. The second-order valence-corrected chi connectivity index (χ2v) is 9.84. The number of ketones is 1. The molecule has 0 aromatic heterocycles. The Hall–Kier alpha value is -2.32. The van der Waals surface area contributed by atoms with Crippen molar-refractivity contribution in [2.75, 3.05) is 25.2 Å². The van der Waals surface area contributed by atoms with Crippen LogP contribution in [-0.4, -0.2) is 42.9 Å². The smallest absolute Gasteiger partial charge is 0.336 e. The summed E-state index contributed by atoms with van der Waals surface area (Å²) in [6, 6.07) is 4.19. The molecule has 3 atom stereocenters. The lowest BCUT2D eigenvalue weighted by Gasteiger charge is -2.38. The molecular formula is C24H27ClFNO5S. The van der Waals surface area contributed by atoms with E-state index in [-0.39, 0.29) is 28.7 Å². The lowest BCUT2D eigenvalue weighted by atomic mass is 9.69. The summed E-state index contributed by atoms with van der Waals surface area (Å²) >= 11 is 7.52. The number of nitrogens with one attached hydrogen (secondary N) is 1. The van der Waals surface area contributed by atoms with Crippen LogP contribution in [0.25, 0.3) is 0 Å². The predicted molar refractivity (Wildman–Crippen MR) is 125 cm³/mol. The van der Waals surface area contributed by atoms with Crippen LogP contribution in [0, 0.1) is 17.7 Å². The largest absolute Gasteiger partial charge is 0.468 e. The zero-order valence-corrected chi connectivity index (χ0v) is 20.6. The van der Waals surface area contributed by atoms with Crippen LogP contribution in [0.3, 0.4) is 0 Å². The number of hydrogen-bond acceptors (Lipinski definition) is 7. The fraction of sp³-hybridized carbons (Fsp3) is 0.458. The SMILES string of the molecule is CCSCCOC(=O)C1=C(C)NC2=C(C(=O)[C@H](C(=O)OC)[C@H](C)C2)[C@@H]1c1ccc(Cl)c(F)c1. The van der Waals surface area contributed by atoms with Crippen LogP contribution in [-0.2, 0) is 23.9 Å². The molecule has 1 heterocycles. The average Bonchev–Trinajstić information content (AvgIpc) is 2.77. The molecule has 1 aliphatic heterocycles. The highest BCUT2D eigenvalue weighted by Crippen LogP contribution is 2.45. The molecule has 0 amide bonds. The normalized spacial score (nSPS) is 22.6. The van der Waals surface area contributed by atoms with Crippen molar-refractivity contribution < 1.29 is 28.2 Å². The molecule has 6 nitrogen and oxygen atoms in total. The minimum absolute atomic E-state index is 0.0701. The Morgan fingerprint density at radius 1 is 1.33 bits per heavy atom. The molecule has 0 bridgehead atoms. The van der Waals surface area contributed by atoms with Crippen LogP contribution < -0.4 is 5.32 Å². The number of rotatable bonds is 7. The van der Waals surface area contributed by atoms with Gasteiger partial charge in [-0.2, -0.15) is 11.8 Å². The summed E-state index contributed by atoms with van der Waals surface area (Å²) in [5.41, 5.74) is 1.99. The molecular weight excluding hydrogens is 469 g/mol. The maximum atomic E-state index is 14.4. The molecule has 1 N–H and O–H groups in total. The Kier molecular flexibility index (Phi) is 8.23. The molecule has 0 saturated heterocycles. The molecule has 9 heteroatoms. The van der Waals surface area contributed by atoms with Gasteiger partial charge >= 0.3 is 11.9 Å². The molecule has 2 aliphatic rings. The van der Waals surface area contributed by atoms with Crippen LogP contribution in [0.4, 0.5) is 4.39 Å². The molecule has 178 valence electrons. The highest BCUT2D eigenvalue weighted by molar-refractivity contribution is 7.99. The standard InChI is InChI=1S/C24H27ClFNO5S/c1-5-33-9-8-32-24(30)19-13(3)27-17-10-12(2)18(23(29)31-4)22(28)21(17)20(19)14-6-7-15(25)16(26)11-14/h6-7,11-12,18,20,27H,5,8-10H2,1-4H3/t12-,18-,20-/m1/s1. The van der Waals surface area contributed by atoms with Crippen molar-refractivity contribution in [3.8, 4) is 0 Å². The number of thioether (sulfide) groups is 1. The van der Waals surface area contributed by atoms with Crippen LogP contribution >= 0.6 is 23.4 Å². The lowest BCUT2D eigenvalue weighted by molar-refractivity contribution is -0.151. The van der Waals surface area contributed by atoms with Gasteiger partial charge in [0.05, 0.1) is 17.7 Å². The van der Waals surface area contributed by atoms with Gasteiger partial charge in [-0.1, -0.05) is 31.5 Å². The van der Waals surface area contributed by atoms with E-state index in [4.69, 9.17) is 21.1 Å². The first-order valence-corrected chi connectivity index (χ1v) is 12.3. The molecule has 33 heavy (non-hydrogen) atoms. The lowest BCUT2D eigenvalue weighted by Crippen LogP contribution is -2.43. The summed E-state index contributed by atoms with van der Waals surface area (Å²) in [7, 11) is 1.23. The Morgan fingerprint density at radius 2 is 2.06 bits per heavy atom. The number of carbonyl (C=O) groups is 3. The number of ether oxygens (including phenoxy) is 2. The van der Waals surface area contributed by atoms with Crippen LogP contribution in [0.5, 0.6) is 0 Å². The first kappa shape index (κ1) is 25.3. The van der Waals surface area contributed by atoms with Crippen molar-refractivity contribution in [2.45, 2.75) is 33.1 Å². The maximum absolute atomic E-state index is 14.4. The average molecular weight is 496 g/mol. The Bertz CT molecular complexity index is 1040. The second kappa shape index (κ2) is 10.7. The van der Waals surface area contributed by atoms with E-state index in [9.17, 15) is 18.8 Å². The van der Waals surface area contributed by atoms with Crippen molar-refractivity contribution >= 4 is 41.1 Å². The molecule has 1 aromatic rings. The third-order valence-electron chi connectivity index (χ3n) is 5.90. The van der Waals surface area contributed by atoms with Gasteiger partial charge in [0.25, 0.3) is 0 Å². The summed E-state index contributed by atoms with van der Waals surface area (Å²) in [5, 5.41) is 3.11. The van der Waals surface area contributed by atoms with Gasteiger partial charge in [0, 0.05) is 28.6 Å². The van der Waals surface area contributed by atoms with Gasteiger partial charge < -0.3 is 14.8 Å². The number of Topliss-reactive ketones (excluding diaryl/α,β-unsaturated/α-hetero) is 1. The van der Waals surface area contributed by atoms with Gasteiger partial charge in [-0.05, 0) is 42.7 Å². The van der Waals surface area contributed by atoms with Gasteiger partial charge in [0.15, 0.2) is 5.78 Å². The van der Waals surface area contributed by atoms with Gasteiger partial charge in [0.2, 0.25) is 0 Å². The fourth-order valence-electron chi connectivity index (χ4n) is 4.39. The van der Waals surface area contributed by atoms with Crippen LogP contribution in [0.1, 0.15) is 38.7 Å². The van der Waals surface area contributed by atoms with E-state index < -0.39 is 35.4 Å². The molecule has 0 unspecified atom stereocenters. The van der Waals surface area contributed by atoms with Gasteiger partial charge in [0.1, 0.15) is 18.3 Å². The van der Waals surface area contributed by atoms with E-state index in [1.165, 1.54) is 19.2 Å². The maximum Gasteiger partial charge on any atom is 0.336 e. The molecule has 3 rings (SSSR count). The van der Waals surface area contributed by atoms with Crippen molar-refractivity contribution in [3.63, 3.8) is 0 Å². The van der Waals surface area contributed by atoms with E-state index in [0.717, 1.165) is 5.75 Å². The fourth-order valence-corrected chi connectivity index (χ4v) is 5.00. The first-order valence-electron chi connectivity index (χ1n) is 10.7. The molecule has 1 aliphatic carbocycles. The molecule has 0 radical (unpaired) electrons. The summed E-state index contributed by atoms with van der Waals surface area (Å²) in [6.07, 6.45) is 0.403. The van der Waals surface area contributed by atoms with Gasteiger partial charge in [-0.25, -0.2) is 9.18 Å². The highest BCUT2D eigenvalue weighted by atomic mass is 35.5. The Balaban J connectivity index is 2.10. The molecule has 0 fully saturated rings. The Labute approximate surface area is 201 Å². The Morgan fingerprint density at radius 3 is 2.70 bits per heavy atom. The zero-order chi connectivity index (χ0) is 24.3. The van der Waals surface area contributed by atoms with Gasteiger partial charge in [-0.3, -0.25) is 9.59 Å². The highest BCUT2D eigenvalue weighted by Gasteiger charge is 2.47. The number of allylic oxidation sites excluding steroid dienone is 3. The quantitative estimate of drug-likeness (QED) is 0.341. The molecule has 0 spiro atoms. The van der Waals surface area contributed by atoms with E-state index in [1.54, 1.807) is 31.7 Å². The summed E-state index contributed by atoms with van der Waals surface area (Å²) in [5.74, 6) is -3.01. The van der Waals surface area contributed by atoms with E-state index in [0.29, 0.717) is 29.1 Å². The summed E-state index contributed by atoms with van der Waals surface area (Å²) in [4.78, 5) is 39.2. The minimum Gasteiger partial charge on any atom is -0.468 e. The number of carbonyl (C=O) groups excluding carboxylic acids is 3. The number of hydrogen-bond donors (Lipinski definition) is 1. The summed E-state index contributed by atoms with van der Waals surface area (Å²) < 4.78 is 24.8. The van der Waals surface area contributed by atoms with Crippen molar-refractivity contribution in [3.05, 3.63) is 57.1 Å². The number of benzene rings is 1. The van der Waals surface area contributed by atoms with E-state index in [1.807, 2.05) is 6.92 Å². The topological polar surface area (TPSA) is 81.7 Å². The third kappa shape index (κ3) is 5.11. The van der Waals surface area contributed by atoms with Crippen LogP contribution in [0.15, 0.2) is 40.7 Å².